The van der Waals surface area contributed by atoms with Gasteiger partial charge in [0.1, 0.15) is 5.78 Å². The van der Waals surface area contributed by atoms with E-state index in [1.165, 1.54) is 0 Å². The van der Waals surface area contributed by atoms with E-state index in [0.29, 0.717) is 5.92 Å². The summed E-state index contributed by atoms with van der Waals surface area (Å²) >= 11 is 0. The Morgan fingerprint density at radius 3 is 2.12 bits per heavy atom. The highest BCUT2D eigenvalue weighted by molar-refractivity contribution is 5.80. The van der Waals surface area contributed by atoms with Gasteiger partial charge in [-0.3, -0.25) is 9.69 Å². The second-order valence-electron chi connectivity index (χ2n) is 4.84. The van der Waals surface area contributed by atoms with E-state index in [-0.39, 0.29) is 17.7 Å². The summed E-state index contributed by atoms with van der Waals surface area (Å²) in [5, 5.41) is 0. The van der Waals surface area contributed by atoms with Gasteiger partial charge in [0.05, 0.1) is 6.04 Å². The number of nitrogens with zero attached hydrogens (tertiary/aromatic N) is 1. The van der Waals surface area contributed by atoms with E-state index in [2.05, 4.69) is 0 Å². The first kappa shape index (κ1) is 15.1. The van der Waals surface area contributed by atoms with Gasteiger partial charge in [-0.25, -0.2) is 0 Å². The average molecular weight is 228 g/mol. The van der Waals surface area contributed by atoms with Crippen LogP contribution in [0, 0.1) is 5.92 Å². The fourth-order valence-electron chi connectivity index (χ4n) is 1.84. The van der Waals surface area contributed by atoms with Crippen molar-refractivity contribution in [2.45, 2.75) is 46.1 Å². The maximum Gasteiger partial charge on any atom is 0.234 e. The molecule has 1 fully saturated rings. The van der Waals surface area contributed by atoms with Gasteiger partial charge in [-0.15, -0.1) is 0 Å². The quantitative estimate of drug-likeness (QED) is 0.789. The second-order valence-corrected chi connectivity index (χ2v) is 4.84. The molecule has 1 atom stereocenters. The van der Waals surface area contributed by atoms with Crippen molar-refractivity contribution in [2.24, 2.45) is 11.7 Å². The lowest BCUT2D eigenvalue weighted by Crippen LogP contribution is -2.37. The molecule has 4 nitrogen and oxygen atoms in total. The van der Waals surface area contributed by atoms with Gasteiger partial charge in [0.15, 0.2) is 0 Å². The number of carbonyl (C=O) groups excluding carboxylic acids is 2. The number of hydrogen-bond acceptors (Lipinski definition) is 3. The third-order valence-electron chi connectivity index (χ3n) is 2.54. The molecular formula is C12H24N2O2. The van der Waals surface area contributed by atoms with E-state index in [9.17, 15) is 9.59 Å². The summed E-state index contributed by atoms with van der Waals surface area (Å²) in [6, 6.07) is 0.00463. The molecule has 1 aliphatic rings. The monoisotopic (exact) mass is 228 g/mol. The molecule has 1 amide bonds. The standard InChI is InChI=1S/C6H12N2O.C6H12O/c1-8-4-2-3-5(8)6(7)9;1-5(2)4-6(3)7/h5H,2-4H2,1H3,(H2,7,9);5H,4H2,1-3H3. The van der Waals surface area contributed by atoms with Gasteiger partial charge in [0, 0.05) is 6.42 Å². The van der Waals surface area contributed by atoms with E-state index in [1.807, 2.05) is 25.8 Å². The highest BCUT2D eigenvalue weighted by Crippen LogP contribution is 2.13. The molecular weight excluding hydrogens is 204 g/mol. The van der Waals surface area contributed by atoms with E-state index >= 15 is 0 Å². The zero-order valence-electron chi connectivity index (χ0n) is 10.8. The van der Waals surface area contributed by atoms with Crippen LogP contribution in [0.15, 0.2) is 0 Å². The van der Waals surface area contributed by atoms with Crippen LogP contribution in [0.3, 0.4) is 0 Å². The van der Waals surface area contributed by atoms with Crippen LogP contribution in [0.5, 0.6) is 0 Å². The van der Waals surface area contributed by atoms with Gasteiger partial charge in [-0.05, 0) is 39.3 Å². The third-order valence-corrected chi connectivity index (χ3v) is 2.54. The number of nitrogens with two attached hydrogens (primary N) is 1. The molecule has 1 aliphatic heterocycles. The zero-order valence-corrected chi connectivity index (χ0v) is 10.8. The van der Waals surface area contributed by atoms with Crippen LogP contribution < -0.4 is 5.73 Å². The van der Waals surface area contributed by atoms with Crippen LogP contribution in [0.25, 0.3) is 0 Å². The molecule has 4 heteroatoms. The predicted molar refractivity (Wildman–Crippen MR) is 65.0 cm³/mol. The smallest absolute Gasteiger partial charge is 0.234 e. The molecule has 1 heterocycles. The number of ketones is 1. The predicted octanol–water partition coefficient (Wildman–Crippen LogP) is 1.19. The van der Waals surface area contributed by atoms with Gasteiger partial charge in [0.2, 0.25) is 5.91 Å². The van der Waals surface area contributed by atoms with E-state index in [1.54, 1.807) is 6.92 Å². The molecule has 94 valence electrons. The molecule has 0 aromatic heterocycles. The molecule has 0 aromatic rings. The van der Waals surface area contributed by atoms with Crippen molar-refractivity contribution >= 4 is 11.7 Å². The van der Waals surface area contributed by atoms with Gasteiger partial charge >= 0.3 is 0 Å². The van der Waals surface area contributed by atoms with Crippen molar-refractivity contribution in [3.8, 4) is 0 Å². The molecule has 1 rings (SSSR count). The Hall–Kier alpha value is -0.900. The number of carbonyl (C=O) groups is 2. The van der Waals surface area contributed by atoms with Crippen LogP contribution in [0.2, 0.25) is 0 Å². The number of likely N-dealkylation sites (tertiary alicyclic amines) is 1. The first-order valence-corrected chi connectivity index (χ1v) is 5.83. The highest BCUT2D eigenvalue weighted by Gasteiger charge is 2.24. The number of amides is 1. The second kappa shape index (κ2) is 7.39. The third kappa shape index (κ3) is 6.56. The van der Waals surface area contributed by atoms with Crippen LogP contribution in [0.4, 0.5) is 0 Å². The summed E-state index contributed by atoms with van der Waals surface area (Å²) < 4.78 is 0. The number of hydrogen-bond donors (Lipinski definition) is 1. The summed E-state index contributed by atoms with van der Waals surface area (Å²) in [5.74, 6) is 0.627. The Labute approximate surface area is 98.2 Å². The van der Waals surface area contributed by atoms with Gasteiger partial charge in [-0.2, -0.15) is 0 Å². The van der Waals surface area contributed by atoms with Gasteiger partial charge in [0.25, 0.3) is 0 Å². The Kier molecular flexibility index (Phi) is 6.97. The Balaban J connectivity index is 0.000000293. The Morgan fingerprint density at radius 2 is 2.00 bits per heavy atom. The molecule has 0 aliphatic carbocycles. The minimum absolute atomic E-state index is 0.00463. The van der Waals surface area contributed by atoms with Gasteiger partial charge < -0.3 is 10.5 Å². The minimum Gasteiger partial charge on any atom is -0.368 e. The largest absolute Gasteiger partial charge is 0.368 e. The molecule has 0 radical (unpaired) electrons. The van der Waals surface area contributed by atoms with Crippen LogP contribution in [-0.2, 0) is 9.59 Å². The zero-order chi connectivity index (χ0) is 12.7. The van der Waals surface area contributed by atoms with Crippen LogP contribution >= 0.6 is 0 Å². The summed E-state index contributed by atoms with van der Waals surface area (Å²) in [6.07, 6.45) is 2.76. The molecule has 0 aromatic carbocycles. The van der Waals surface area contributed by atoms with Crippen molar-refractivity contribution in [3.05, 3.63) is 0 Å². The van der Waals surface area contributed by atoms with E-state index in [4.69, 9.17) is 5.73 Å². The number of rotatable bonds is 3. The van der Waals surface area contributed by atoms with Crippen LogP contribution in [0.1, 0.15) is 40.0 Å². The van der Waals surface area contributed by atoms with Gasteiger partial charge in [-0.1, -0.05) is 13.8 Å². The molecule has 0 spiro atoms. The first-order chi connectivity index (χ1) is 7.34. The average Bonchev–Trinajstić information content (AvgIpc) is 2.49. The summed E-state index contributed by atoms with van der Waals surface area (Å²) in [7, 11) is 1.93. The lowest BCUT2D eigenvalue weighted by atomic mass is 10.1. The van der Waals surface area contributed by atoms with E-state index in [0.717, 1.165) is 25.8 Å². The number of likely N-dealkylation sites (N-methyl/N-ethyl adjacent to an activating group) is 1. The molecule has 0 saturated carbocycles. The number of primary amides is 1. The van der Waals surface area contributed by atoms with Crippen molar-refractivity contribution in [3.63, 3.8) is 0 Å². The maximum atomic E-state index is 10.6. The fourth-order valence-corrected chi connectivity index (χ4v) is 1.84. The topological polar surface area (TPSA) is 63.4 Å². The van der Waals surface area contributed by atoms with Crippen LogP contribution in [-0.4, -0.2) is 36.2 Å². The maximum absolute atomic E-state index is 10.6. The highest BCUT2D eigenvalue weighted by atomic mass is 16.1. The van der Waals surface area contributed by atoms with Crippen molar-refractivity contribution in [1.29, 1.82) is 0 Å². The van der Waals surface area contributed by atoms with Crippen molar-refractivity contribution in [2.75, 3.05) is 13.6 Å². The van der Waals surface area contributed by atoms with E-state index < -0.39 is 0 Å². The summed E-state index contributed by atoms with van der Waals surface area (Å²) in [6.45, 7) is 6.72. The number of Topliss-reactive ketones (excluding diaryl/α,β-unsaturated/α-hetero) is 1. The lowest BCUT2D eigenvalue weighted by molar-refractivity contribution is -0.122. The Bertz CT molecular complexity index is 239. The van der Waals surface area contributed by atoms with Crippen molar-refractivity contribution in [1.82, 2.24) is 4.90 Å². The minimum atomic E-state index is -0.185. The first-order valence-electron chi connectivity index (χ1n) is 5.83. The molecule has 1 saturated heterocycles. The fraction of sp³-hybridized carbons (Fsp3) is 0.833. The molecule has 16 heavy (non-hydrogen) atoms. The molecule has 1 unspecified atom stereocenters. The Morgan fingerprint density at radius 1 is 1.44 bits per heavy atom. The normalized spacial score (nSPS) is 20.4. The summed E-state index contributed by atoms with van der Waals surface area (Å²) in [4.78, 5) is 22.8. The molecule has 2 N–H and O–H groups in total. The lowest BCUT2D eigenvalue weighted by Gasteiger charge is -2.14. The SMILES string of the molecule is CC(=O)CC(C)C.CN1CCCC1C(N)=O. The van der Waals surface area contributed by atoms with Crippen molar-refractivity contribution < 1.29 is 9.59 Å². The summed E-state index contributed by atoms with van der Waals surface area (Å²) in [5.41, 5.74) is 5.11. The molecule has 0 bridgehead atoms.